The summed E-state index contributed by atoms with van der Waals surface area (Å²) in [6.07, 6.45) is 1.38. The smallest absolute Gasteiger partial charge is 0.307 e. The Balaban J connectivity index is 2.44. The van der Waals surface area contributed by atoms with Gasteiger partial charge in [-0.1, -0.05) is 6.92 Å². The van der Waals surface area contributed by atoms with Crippen LogP contribution in [0, 0.1) is 17.8 Å². The van der Waals surface area contributed by atoms with Crippen molar-refractivity contribution in [1.29, 1.82) is 0 Å². The van der Waals surface area contributed by atoms with Gasteiger partial charge in [0.25, 0.3) is 0 Å². The van der Waals surface area contributed by atoms with Crippen LogP contribution in [0.15, 0.2) is 0 Å². The minimum Gasteiger partial charge on any atom is -0.481 e. The maximum atomic E-state index is 12.0. The highest BCUT2D eigenvalue weighted by atomic mass is 16.4. The number of carbonyl (C=O) groups excluding carboxylic acids is 2. The summed E-state index contributed by atoms with van der Waals surface area (Å²) in [7, 11) is 3.31. The van der Waals surface area contributed by atoms with Crippen molar-refractivity contribution in [3.8, 4) is 0 Å². The number of rotatable bonds is 5. The van der Waals surface area contributed by atoms with Crippen molar-refractivity contribution in [1.82, 2.24) is 10.2 Å². The quantitative estimate of drug-likeness (QED) is 0.753. The Kier molecular flexibility index (Phi) is 5.32. The molecule has 1 fully saturated rings. The van der Waals surface area contributed by atoms with Gasteiger partial charge in [-0.15, -0.1) is 0 Å². The van der Waals surface area contributed by atoms with Gasteiger partial charge < -0.3 is 15.3 Å². The van der Waals surface area contributed by atoms with E-state index in [1.807, 2.05) is 6.92 Å². The van der Waals surface area contributed by atoms with Crippen LogP contribution in [0.2, 0.25) is 0 Å². The Morgan fingerprint density at radius 2 is 1.79 bits per heavy atom. The van der Waals surface area contributed by atoms with Crippen LogP contribution in [0.5, 0.6) is 0 Å². The Labute approximate surface area is 113 Å². The maximum absolute atomic E-state index is 12.0. The van der Waals surface area contributed by atoms with Crippen LogP contribution < -0.4 is 5.32 Å². The zero-order valence-electron chi connectivity index (χ0n) is 11.7. The highest BCUT2D eigenvalue weighted by molar-refractivity contribution is 5.85. The van der Waals surface area contributed by atoms with Gasteiger partial charge in [-0.05, 0) is 18.8 Å². The van der Waals surface area contributed by atoms with Gasteiger partial charge in [-0.2, -0.15) is 0 Å². The lowest BCUT2D eigenvalue weighted by Gasteiger charge is -2.16. The summed E-state index contributed by atoms with van der Waals surface area (Å²) in [6, 6.07) is 0. The van der Waals surface area contributed by atoms with E-state index in [0.29, 0.717) is 12.8 Å². The Bertz CT molecular complexity index is 368. The van der Waals surface area contributed by atoms with E-state index in [9.17, 15) is 14.4 Å². The fourth-order valence-electron chi connectivity index (χ4n) is 2.50. The van der Waals surface area contributed by atoms with Gasteiger partial charge in [-0.25, -0.2) is 0 Å². The van der Waals surface area contributed by atoms with Gasteiger partial charge in [-0.3, -0.25) is 14.4 Å². The Hall–Kier alpha value is -1.59. The van der Waals surface area contributed by atoms with Crippen molar-refractivity contribution in [3.05, 3.63) is 0 Å². The van der Waals surface area contributed by atoms with Crippen molar-refractivity contribution >= 4 is 17.8 Å². The molecule has 108 valence electrons. The number of hydrogen-bond acceptors (Lipinski definition) is 3. The molecule has 6 nitrogen and oxygen atoms in total. The van der Waals surface area contributed by atoms with E-state index in [1.54, 1.807) is 14.1 Å². The molecule has 0 aliphatic heterocycles. The first kappa shape index (κ1) is 15.5. The van der Waals surface area contributed by atoms with E-state index in [-0.39, 0.29) is 30.7 Å². The zero-order chi connectivity index (χ0) is 14.6. The van der Waals surface area contributed by atoms with Gasteiger partial charge >= 0.3 is 5.97 Å². The molecular formula is C13H22N2O4. The average Bonchev–Trinajstić information content (AvgIpc) is 2.71. The van der Waals surface area contributed by atoms with E-state index in [2.05, 4.69) is 5.32 Å². The summed E-state index contributed by atoms with van der Waals surface area (Å²) < 4.78 is 0. The third-order valence-corrected chi connectivity index (χ3v) is 3.59. The maximum Gasteiger partial charge on any atom is 0.307 e. The molecule has 19 heavy (non-hydrogen) atoms. The van der Waals surface area contributed by atoms with Gasteiger partial charge in [0.05, 0.1) is 11.8 Å². The molecule has 0 bridgehead atoms. The molecule has 0 aromatic carbocycles. The van der Waals surface area contributed by atoms with Crippen LogP contribution in [0.25, 0.3) is 0 Å². The fourth-order valence-corrected chi connectivity index (χ4v) is 2.50. The predicted molar refractivity (Wildman–Crippen MR) is 69.3 cm³/mol. The molecule has 0 spiro atoms. The zero-order valence-corrected chi connectivity index (χ0v) is 11.7. The molecule has 1 unspecified atom stereocenters. The summed E-state index contributed by atoms with van der Waals surface area (Å²) in [5.41, 5.74) is 0. The van der Waals surface area contributed by atoms with Gasteiger partial charge in [0.1, 0.15) is 0 Å². The van der Waals surface area contributed by atoms with Crippen molar-refractivity contribution in [2.45, 2.75) is 26.2 Å². The lowest BCUT2D eigenvalue weighted by atomic mass is 9.95. The van der Waals surface area contributed by atoms with Crippen LogP contribution in [0.4, 0.5) is 0 Å². The van der Waals surface area contributed by atoms with E-state index in [4.69, 9.17) is 5.11 Å². The molecule has 1 aliphatic carbocycles. The van der Waals surface area contributed by atoms with E-state index in [1.165, 1.54) is 4.90 Å². The summed E-state index contributed by atoms with van der Waals surface area (Å²) in [6.45, 7) is 2.21. The van der Waals surface area contributed by atoms with Gasteiger partial charge in [0.2, 0.25) is 11.8 Å². The number of carbonyl (C=O) groups is 3. The molecule has 0 aromatic rings. The predicted octanol–water partition coefficient (Wildman–Crippen LogP) is 0.328. The molecular weight excluding hydrogens is 248 g/mol. The summed E-state index contributed by atoms with van der Waals surface area (Å²) in [5.74, 6) is -2.03. The van der Waals surface area contributed by atoms with Crippen LogP contribution >= 0.6 is 0 Å². The number of hydrogen-bond donors (Lipinski definition) is 2. The normalized spacial score (nSPS) is 25.9. The first-order chi connectivity index (χ1) is 8.82. The summed E-state index contributed by atoms with van der Waals surface area (Å²) in [4.78, 5) is 35.9. The first-order valence-electron chi connectivity index (χ1n) is 6.53. The molecule has 2 amide bonds. The lowest BCUT2D eigenvalue weighted by Crippen LogP contribution is -2.37. The second-order valence-corrected chi connectivity index (χ2v) is 5.46. The second-order valence-electron chi connectivity index (χ2n) is 5.46. The molecule has 1 rings (SSSR count). The first-order valence-corrected chi connectivity index (χ1v) is 6.53. The third-order valence-electron chi connectivity index (χ3n) is 3.59. The summed E-state index contributed by atoms with van der Waals surface area (Å²) >= 11 is 0. The molecule has 0 aromatic heterocycles. The van der Waals surface area contributed by atoms with E-state index in [0.717, 1.165) is 0 Å². The molecule has 6 heteroatoms. The van der Waals surface area contributed by atoms with Gasteiger partial charge in [0, 0.05) is 27.1 Å². The molecule has 1 saturated carbocycles. The topological polar surface area (TPSA) is 86.7 Å². The fraction of sp³-hybridized carbons (Fsp3) is 0.769. The Morgan fingerprint density at radius 1 is 1.21 bits per heavy atom. The van der Waals surface area contributed by atoms with Crippen LogP contribution in [-0.4, -0.2) is 48.4 Å². The third kappa shape index (κ3) is 4.22. The number of nitrogens with one attached hydrogen (secondary N) is 1. The lowest BCUT2D eigenvalue weighted by molar-refractivity contribution is -0.146. The van der Waals surface area contributed by atoms with Crippen LogP contribution in [-0.2, 0) is 14.4 Å². The minimum absolute atomic E-state index is 0.0603. The Morgan fingerprint density at radius 3 is 2.32 bits per heavy atom. The number of aliphatic carboxylic acids is 1. The molecule has 0 heterocycles. The largest absolute Gasteiger partial charge is 0.481 e. The number of carboxylic acids is 1. The van der Waals surface area contributed by atoms with Crippen LogP contribution in [0.3, 0.4) is 0 Å². The van der Waals surface area contributed by atoms with Crippen molar-refractivity contribution in [3.63, 3.8) is 0 Å². The molecule has 2 N–H and O–H groups in total. The second kappa shape index (κ2) is 6.54. The average molecular weight is 270 g/mol. The summed E-state index contributed by atoms with van der Waals surface area (Å²) in [5, 5.41) is 11.8. The molecule has 1 aliphatic rings. The van der Waals surface area contributed by atoms with E-state index < -0.39 is 17.8 Å². The molecule has 0 saturated heterocycles. The highest BCUT2D eigenvalue weighted by Crippen LogP contribution is 2.36. The number of carboxylic acid groups (broad SMARTS) is 1. The van der Waals surface area contributed by atoms with E-state index >= 15 is 0 Å². The van der Waals surface area contributed by atoms with Crippen molar-refractivity contribution in [2.75, 3.05) is 20.6 Å². The van der Waals surface area contributed by atoms with Crippen molar-refractivity contribution < 1.29 is 19.5 Å². The molecule has 3 atom stereocenters. The number of nitrogens with zero attached hydrogens (tertiary/aromatic N) is 1. The van der Waals surface area contributed by atoms with Crippen molar-refractivity contribution in [2.24, 2.45) is 17.8 Å². The number of amides is 2. The highest BCUT2D eigenvalue weighted by Gasteiger charge is 2.40. The SMILES string of the molecule is CC1C[C@H](C(=O)NCCC(=O)N(C)C)[C@H](C(=O)O)C1. The van der Waals surface area contributed by atoms with Crippen LogP contribution in [0.1, 0.15) is 26.2 Å². The minimum atomic E-state index is -0.908. The van der Waals surface area contributed by atoms with Gasteiger partial charge in [0.15, 0.2) is 0 Å². The molecule has 0 radical (unpaired) electrons. The standard InChI is InChI=1S/C13H22N2O4/c1-8-6-9(10(7-8)13(18)19)12(17)14-5-4-11(16)15(2)3/h8-10H,4-7H2,1-3H3,(H,14,17)(H,18,19)/t8?,9-,10+/m0/s1. The monoisotopic (exact) mass is 270 g/mol.